The second-order valence-corrected chi connectivity index (χ2v) is 8.53. The summed E-state index contributed by atoms with van der Waals surface area (Å²) in [6.07, 6.45) is 0. The summed E-state index contributed by atoms with van der Waals surface area (Å²) in [5.41, 5.74) is 9.21. The normalized spacial score (nSPS) is 12.0. The fraction of sp³-hybridized carbons (Fsp3) is 0.143. The van der Waals surface area contributed by atoms with Gasteiger partial charge >= 0.3 is 0 Å². The van der Waals surface area contributed by atoms with E-state index < -0.39 is 0 Å². The van der Waals surface area contributed by atoms with E-state index in [1.54, 1.807) is 0 Å². The second kappa shape index (κ2) is 6.24. The van der Waals surface area contributed by atoms with Crippen LogP contribution in [0, 0.1) is 13.8 Å². The number of fused-ring (bicyclic) bond motifs is 7. The standard InChI is InChI=1S/C28H24N2/c1-18-14-19(2)16-20(15-18)17-30-26-11-7-5-9-22(26)24-13-12-23-21-8-4-6-10-25(21)29(3)27(23)28(24)30/h4-16H,17H2,1-3H3. The molecule has 0 saturated heterocycles. The Morgan fingerprint density at radius 1 is 0.600 bits per heavy atom. The number of rotatable bonds is 2. The molecule has 2 heteroatoms. The fourth-order valence-electron chi connectivity index (χ4n) is 5.31. The monoisotopic (exact) mass is 388 g/mol. The van der Waals surface area contributed by atoms with Gasteiger partial charge in [-0.15, -0.1) is 0 Å². The first-order valence-corrected chi connectivity index (χ1v) is 10.6. The van der Waals surface area contributed by atoms with E-state index in [4.69, 9.17) is 0 Å². The van der Waals surface area contributed by atoms with Crippen molar-refractivity contribution in [1.82, 2.24) is 9.13 Å². The highest BCUT2D eigenvalue weighted by Gasteiger charge is 2.18. The average molecular weight is 389 g/mol. The summed E-state index contributed by atoms with van der Waals surface area (Å²) in [4.78, 5) is 0. The molecule has 0 aliphatic carbocycles. The highest BCUT2D eigenvalue weighted by atomic mass is 15.0. The molecular formula is C28H24N2. The summed E-state index contributed by atoms with van der Waals surface area (Å²) in [6.45, 7) is 5.24. The van der Waals surface area contributed by atoms with Crippen molar-refractivity contribution in [1.29, 1.82) is 0 Å². The van der Waals surface area contributed by atoms with Gasteiger partial charge in [-0.05, 0) is 31.5 Å². The van der Waals surface area contributed by atoms with Crippen LogP contribution < -0.4 is 0 Å². The summed E-state index contributed by atoms with van der Waals surface area (Å²) < 4.78 is 4.88. The molecule has 2 nitrogen and oxygen atoms in total. The topological polar surface area (TPSA) is 9.86 Å². The van der Waals surface area contributed by atoms with Crippen LogP contribution in [-0.2, 0) is 13.6 Å². The third-order valence-electron chi connectivity index (χ3n) is 6.42. The smallest absolute Gasteiger partial charge is 0.0742 e. The van der Waals surface area contributed by atoms with Gasteiger partial charge in [-0.25, -0.2) is 0 Å². The van der Waals surface area contributed by atoms with Gasteiger partial charge in [0.05, 0.1) is 11.0 Å². The third kappa shape index (κ3) is 2.37. The lowest BCUT2D eigenvalue weighted by Crippen LogP contribution is -2.01. The van der Waals surface area contributed by atoms with Gasteiger partial charge < -0.3 is 9.13 Å². The maximum absolute atomic E-state index is 2.51. The van der Waals surface area contributed by atoms with Crippen LogP contribution in [0.3, 0.4) is 0 Å². The van der Waals surface area contributed by atoms with E-state index in [0.717, 1.165) is 6.54 Å². The molecule has 0 N–H and O–H groups in total. The zero-order valence-corrected chi connectivity index (χ0v) is 17.6. The van der Waals surface area contributed by atoms with E-state index in [0.29, 0.717) is 0 Å². The van der Waals surface area contributed by atoms with Gasteiger partial charge in [-0.1, -0.05) is 77.9 Å². The van der Waals surface area contributed by atoms with Gasteiger partial charge in [0.25, 0.3) is 0 Å². The summed E-state index contributed by atoms with van der Waals surface area (Å²) in [5, 5.41) is 5.29. The zero-order chi connectivity index (χ0) is 20.4. The first-order valence-electron chi connectivity index (χ1n) is 10.6. The SMILES string of the molecule is Cc1cc(C)cc(Cn2c3ccccc3c3ccc4c5ccccc5n(C)c4c32)c1. The molecule has 30 heavy (non-hydrogen) atoms. The van der Waals surface area contributed by atoms with E-state index in [-0.39, 0.29) is 0 Å². The molecule has 0 aliphatic rings. The van der Waals surface area contributed by atoms with Crippen LogP contribution in [0.5, 0.6) is 0 Å². The molecule has 0 bridgehead atoms. The van der Waals surface area contributed by atoms with Crippen LogP contribution in [0.4, 0.5) is 0 Å². The van der Waals surface area contributed by atoms with Crippen molar-refractivity contribution in [3.8, 4) is 0 Å². The largest absolute Gasteiger partial charge is 0.342 e. The molecule has 0 fully saturated rings. The summed E-state index contributed by atoms with van der Waals surface area (Å²) in [7, 11) is 2.20. The van der Waals surface area contributed by atoms with E-state index in [1.165, 1.54) is 60.3 Å². The molecule has 6 aromatic rings. The molecule has 2 aromatic heterocycles. The molecule has 146 valence electrons. The van der Waals surface area contributed by atoms with Gasteiger partial charge in [-0.2, -0.15) is 0 Å². The maximum Gasteiger partial charge on any atom is 0.0742 e. The van der Waals surface area contributed by atoms with Crippen LogP contribution in [0.15, 0.2) is 78.9 Å². The number of hydrogen-bond acceptors (Lipinski definition) is 0. The maximum atomic E-state index is 2.51. The lowest BCUT2D eigenvalue weighted by Gasteiger charge is -2.11. The number of para-hydroxylation sites is 2. The van der Waals surface area contributed by atoms with Crippen LogP contribution in [0.2, 0.25) is 0 Å². The molecular weight excluding hydrogens is 364 g/mol. The number of benzene rings is 4. The molecule has 0 amide bonds. The molecule has 0 spiro atoms. The molecule has 4 aromatic carbocycles. The van der Waals surface area contributed by atoms with Crippen molar-refractivity contribution in [3.63, 3.8) is 0 Å². The second-order valence-electron chi connectivity index (χ2n) is 8.53. The Morgan fingerprint density at radius 2 is 1.17 bits per heavy atom. The van der Waals surface area contributed by atoms with Crippen LogP contribution >= 0.6 is 0 Å². The molecule has 0 saturated carbocycles. The molecule has 6 rings (SSSR count). The first-order chi connectivity index (χ1) is 14.6. The predicted octanol–water partition coefficient (Wildman–Crippen LogP) is 7.10. The van der Waals surface area contributed by atoms with Gasteiger partial charge in [0.2, 0.25) is 0 Å². The third-order valence-corrected chi connectivity index (χ3v) is 6.42. The van der Waals surface area contributed by atoms with Crippen LogP contribution in [-0.4, -0.2) is 9.13 Å². The Kier molecular flexibility index (Phi) is 3.61. The first kappa shape index (κ1) is 17.3. The molecule has 2 heterocycles. The number of nitrogens with zero attached hydrogens (tertiary/aromatic N) is 2. The quantitative estimate of drug-likeness (QED) is 0.299. The number of aromatic nitrogens is 2. The zero-order valence-electron chi connectivity index (χ0n) is 17.6. The Morgan fingerprint density at radius 3 is 1.87 bits per heavy atom. The van der Waals surface area contributed by atoms with Gasteiger partial charge in [-0.3, -0.25) is 0 Å². The van der Waals surface area contributed by atoms with E-state index in [1.807, 2.05) is 0 Å². The summed E-state index contributed by atoms with van der Waals surface area (Å²) in [5.74, 6) is 0. The van der Waals surface area contributed by atoms with Crippen molar-refractivity contribution < 1.29 is 0 Å². The number of hydrogen-bond donors (Lipinski definition) is 0. The molecule has 0 atom stereocenters. The lowest BCUT2D eigenvalue weighted by atomic mass is 10.1. The minimum absolute atomic E-state index is 0.868. The Balaban J connectivity index is 1.78. The van der Waals surface area contributed by atoms with Crippen molar-refractivity contribution in [2.75, 3.05) is 0 Å². The minimum atomic E-state index is 0.868. The van der Waals surface area contributed by atoms with E-state index in [2.05, 4.69) is 109 Å². The van der Waals surface area contributed by atoms with Gasteiger partial charge in [0.1, 0.15) is 0 Å². The van der Waals surface area contributed by atoms with Crippen LogP contribution in [0.1, 0.15) is 16.7 Å². The van der Waals surface area contributed by atoms with Crippen molar-refractivity contribution in [3.05, 3.63) is 95.6 Å². The van der Waals surface area contributed by atoms with Crippen molar-refractivity contribution >= 4 is 43.6 Å². The molecule has 0 unspecified atom stereocenters. The number of aryl methyl sites for hydroxylation is 3. The Bertz CT molecular complexity index is 1570. The predicted molar refractivity (Wildman–Crippen MR) is 128 cm³/mol. The molecule has 0 radical (unpaired) electrons. The van der Waals surface area contributed by atoms with Gasteiger partial charge in [0, 0.05) is 46.2 Å². The van der Waals surface area contributed by atoms with Gasteiger partial charge in [0.15, 0.2) is 0 Å². The lowest BCUT2D eigenvalue weighted by molar-refractivity contribution is 0.864. The Labute approximate surface area is 176 Å². The molecule has 0 aliphatic heterocycles. The van der Waals surface area contributed by atoms with Crippen molar-refractivity contribution in [2.45, 2.75) is 20.4 Å². The van der Waals surface area contributed by atoms with E-state index in [9.17, 15) is 0 Å². The van der Waals surface area contributed by atoms with E-state index >= 15 is 0 Å². The summed E-state index contributed by atoms with van der Waals surface area (Å²) in [6, 6.07) is 29.0. The average Bonchev–Trinajstić information content (AvgIpc) is 3.21. The highest BCUT2D eigenvalue weighted by molar-refractivity contribution is 6.22. The van der Waals surface area contributed by atoms with Crippen molar-refractivity contribution in [2.24, 2.45) is 7.05 Å². The fourth-order valence-corrected chi connectivity index (χ4v) is 5.31. The Hall–Kier alpha value is -3.52. The highest BCUT2D eigenvalue weighted by Crippen LogP contribution is 2.38. The summed E-state index contributed by atoms with van der Waals surface area (Å²) >= 11 is 0. The van der Waals surface area contributed by atoms with Crippen LogP contribution in [0.25, 0.3) is 43.6 Å². The minimum Gasteiger partial charge on any atom is -0.342 e.